The van der Waals surface area contributed by atoms with E-state index in [9.17, 15) is 17.6 Å². The summed E-state index contributed by atoms with van der Waals surface area (Å²) in [5.41, 5.74) is -0.955. The molecular weight excluding hydrogens is 160 g/mol. The summed E-state index contributed by atoms with van der Waals surface area (Å²) in [4.78, 5) is 0. The van der Waals surface area contributed by atoms with Crippen molar-refractivity contribution in [3.05, 3.63) is 11.4 Å². The van der Waals surface area contributed by atoms with Crippen LogP contribution in [0.25, 0.3) is 0 Å². The van der Waals surface area contributed by atoms with Crippen LogP contribution < -0.4 is 0 Å². The predicted molar refractivity (Wildman–Crippen MR) is 32.7 cm³/mol. The van der Waals surface area contributed by atoms with Gasteiger partial charge in [-0.1, -0.05) is 0 Å². The molecule has 0 bridgehead atoms. The molecule has 0 heterocycles. The molecule has 11 heavy (non-hydrogen) atoms. The van der Waals surface area contributed by atoms with E-state index in [0.29, 0.717) is 12.8 Å². The molecule has 0 saturated heterocycles. The van der Waals surface area contributed by atoms with Gasteiger partial charge in [0.15, 0.2) is 0 Å². The Kier molecular flexibility index (Phi) is 2.20. The summed E-state index contributed by atoms with van der Waals surface area (Å²) in [5, 5.41) is 0. The molecule has 4 heteroatoms. The van der Waals surface area contributed by atoms with Crippen molar-refractivity contribution in [1.82, 2.24) is 0 Å². The van der Waals surface area contributed by atoms with Gasteiger partial charge in [0.1, 0.15) is 5.83 Å². The molecule has 0 radical (unpaired) electrons. The fourth-order valence-corrected chi connectivity index (χ4v) is 1.16. The molecule has 0 spiro atoms. The van der Waals surface area contributed by atoms with E-state index in [-0.39, 0.29) is 12.8 Å². The van der Waals surface area contributed by atoms with Crippen LogP contribution in [-0.2, 0) is 0 Å². The fourth-order valence-electron chi connectivity index (χ4n) is 1.16. The van der Waals surface area contributed by atoms with E-state index >= 15 is 0 Å². The largest absolute Gasteiger partial charge is 0.415 e. The second-order valence-electron chi connectivity index (χ2n) is 2.59. The monoisotopic (exact) mass is 168 g/mol. The van der Waals surface area contributed by atoms with E-state index in [1.54, 1.807) is 0 Å². The van der Waals surface area contributed by atoms with Gasteiger partial charge in [0.05, 0.1) is 5.57 Å². The molecule has 0 N–H and O–H groups in total. The van der Waals surface area contributed by atoms with Gasteiger partial charge >= 0.3 is 6.18 Å². The number of halogens is 4. The highest BCUT2D eigenvalue weighted by Crippen LogP contribution is 2.37. The first-order valence-electron chi connectivity index (χ1n) is 3.46. The maximum absolute atomic E-state index is 12.5. The number of hydrogen-bond acceptors (Lipinski definition) is 0. The molecule has 1 rings (SSSR count). The molecule has 64 valence electrons. The van der Waals surface area contributed by atoms with Crippen molar-refractivity contribution in [1.29, 1.82) is 0 Å². The molecule has 1 aliphatic carbocycles. The Morgan fingerprint density at radius 1 is 1.00 bits per heavy atom. The van der Waals surface area contributed by atoms with E-state index < -0.39 is 17.6 Å². The van der Waals surface area contributed by atoms with Crippen LogP contribution in [0, 0.1) is 0 Å². The van der Waals surface area contributed by atoms with Crippen LogP contribution in [0.5, 0.6) is 0 Å². The normalized spacial score (nSPS) is 20.7. The van der Waals surface area contributed by atoms with Crippen molar-refractivity contribution < 1.29 is 17.6 Å². The number of hydrogen-bond donors (Lipinski definition) is 0. The Morgan fingerprint density at radius 3 is 1.91 bits per heavy atom. The lowest BCUT2D eigenvalue weighted by molar-refractivity contribution is -0.0972. The first-order chi connectivity index (χ1) is 5.02. The summed E-state index contributed by atoms with van der Waals surface area (Å²) in [6.45, 7) is 0. The van der Waals surface area contributed by atoms with E-state index in [1.807, 2.05) is 0 Å². The van der Waals surface area contributed by atoms with Crippen molar-refractivity contribution in [2.24, 2.45) is 0 Å². The quantitative estimate of drug-likeness (QED) is 0.486. The summed E-state index contributed by atoms with van der Waals surface area (Å²) in [6, 6.07) is 0. The Balaban J connectivity index is 2.83. The average molecular weight is 168 g/mol. The minimum atomic E-state index is -4.45. The van der Waals surface area contributed by atoms with Crippen LogP contribution in [0.15, 0.2) is 11.4 Å². The highest BCUT2D eigenvalue weighted by molar-refractivity contribution is 5.16. The third-order valence-electron chi connectivity index (χ3n) is 1.74. The molecule has 0 unspecified atom stereocenters. The molecule has 0 aliphatic heterocycles. The lowest BCUT2D eigenvalue weighted by atomic mass is 9.98. The Labute approximate surface area is 61.9 Å². The van der Waals surface area contributed by atoms with Gasteiger partial charge in [-0.05, 0) is 25.7 Å². The molecular formula is C7H8F4. The van der Waals surface area contributed by atoms with Crippen LogP contribution in [0.4, 0.5) is 17.6 Å². The second-order valence-corrected chi connectivity index (χ2v) is 2.59. The summed E-state index contributed by atoms with van der Waals surface area (Å²) in [7, 11) is 0. The van der Waals surface area contributed by atoms with Crippen LogP contribution in [-0.4, -0.2) is 6.18 Å². The molecule has 0 nitrogen and oxygen atoms in total. The highest BCUT2D eigenvalue weighted by Gasteiger charge is 2.37. The van der Waals surface area contributed by atoms with E-state index in [0.717, 1.165) is 0 Å². The van der Waals surface area contributed by atoms with Crippen LogP contribution in [0.2, 0.25) is 0 Å². The molecule has 0 aromatic rings. The van der Waals surface area contributed by atoms with Gasteiger partial charge in [0, 0.05) is 0 Å². The fraction of sp³-hybridized carbons (Fsp3) is 0.714. The van der Waals surface area contributed by atoms with Gasteiger partial charge in [0.25, 0.3) is 0 Å². The number of allylic oxidation sites excluding steroid dienone is 2. The molecule has 0 saturated carbocycles. The zero-order valence-electron chi connectivity index (χ0n) is 5.84. The molecule has 0 aromatic carbocycles. The summed E-state index contributed by atoms with van der Waals surface area (Å²) < 4.78 is 48.2. The van der Waals surface area contributed by atoms with E-state index in [4.69, 9.17) is 0 Å². The second kappa shape index (κ2) is 2.83. The first-order valence-corrected chi connectivity index (χ1v) is 3.46. The SMILES string of the molecule is FC1=C(C(F)(F)F)CCCC1. The van der Waals surface area contributed by atoms with Gasteiger partial charge in [-0.15, -0.1) is 0 Å². The Morgan fingerprint density at radius 2 is 1.55 bits per heavy atom. The zero-order chi connectivity index (χ0) is 8.48. The Hall–Kier alpha value is -0.540. The van der Waals surface area contributed by atoms with E-state index in [2.05, 4.69) is 0 Å². The van der Waals surface area contributed by atoms with Crippen molar-refractivity contribution in [3.8, 4) is 0 Å². The number of alkyl halides is 3. The Bertz CT molecular complexity index is 177. The smallest absolute Gasteiger partial charge is 0.212 e. The maximum Gasteiger partial charge on any atom is 0.415 e. The van der Waals surface area contributed by atoms with Gasteiger partial charge in [-0.25, -0.2) is 4.39 Å². The summed E-state index contributed by atoms with van der Waals surface area (Å²) in [6.07, 6.45) is -3.68. The van der Waals surface area contributed by atoms with E-state index in [1.165, 1.54) is 0 Å². The van der Waals surface area contributed by atoms with Gasteiger partial charge < -0.3 is 0 Å². The summed E-state index contributed by atoms with van der Waals surface area (Å²) in [5.74, 6) is -0.969. The molecule has 0 fully saturated rings. The highest BCUT2D eigenvalue weighted by atomic mass is 19.4. The lowest BCUT2D eigenvalue weighted by Crippen LogP contribution is -2.15. The maximum atomic E-state index is 12.5. The third kappa shape index (κ3) is 1.94. The van der Waals surface area contributed by atoms with Gasteiger partial charge in [-0.2, -0.15) is 13.2 Å². The minimum Gasteiger partial charge on any atom is -0.212 e. The third-order valence-corrected chi connectivity index (χ3v) is 1.74. The average Bonchev–Trinajstić information content (AvgIpc) is 1.86. The topological polar surface area (TPSA) is 0 Å². The van der Waals surface area contributed by atoms with Crippen LogP contribution in [0.3, 0.4) is 0 Å². The summed E-state index contributed by atoms with van der Waals surface area (Å²) >= 11 is 0. The van der Waals surface area contributed by atoms with Crippen molar-refractivity contribution in [2.45, 2.75) is 31.9 Å². The lowest BCUT2D eigenvalue weighted by Gasteiger charge is -2.16. The van der Waals surface area contributed by atoms with Crippen molar-refractivity contribution >= 4 is 0 Å². The molecule has 1 aliphatic rings. The standard InChI is InChI=1S/C7H8F4/c8-6-4-2-1-3-5(6)7(9,10)11/h1-4H2. The minimum absolute atomic E-state index is 0.0468. The van der Waals surface area contributed by atoms with Crippen LogP contribution in [0.1, 0.15) is 25.7 Å². The van der Waals surface area contributed by atoms with Gasteiger partial charge in [-0.3, -0.25) is 0 Å². The number of rotatable bonds is 0. The van der Waals surface area contributed by atoms with Crippen molar-refractivity contribution in [2.75, 3.05) is 0 Å². The predicted octanol–water partition coefficient (Wildman–Crippen LogP) is 3.35. The zero-order valence-corrected chi connectivity index (χ0v) is 5.84. The molecule has 0 atom stereocenters. The van der Waals surface area contributed by atoms with Gasteiger partial charge in [0.2, 0.25) is 0 Å². The van der Waals surface area contributed by atoms with Crippen molar-refractivity contribution in [3.63, 3.8) is 0 Å². The van der Waals surface area contributed by atoms with Crippen LogP contribution >= 0.6 is 0 Å². The molecule has 0 amide bonds. The first kappa shape index (κ1) is 8.56. The molecule has 0 aromatic heterocycles.